The number of quaternary nitrogens is 1. The molecule has 0 unspecified atom stereocenters. The summed E-state index contributed by atoms with van der Waals surface area (Å²) in [5.74, 6) is 1.56. The van der Waals surface area contributed by atoms with Gasteiger partial charge < -0.3 is 10.2 Å². The van der Waals surface area contributed by atoms with Gasteiger partial charge in [0.1, 0.15) is 0 Å². The quantitative estimate of drug-likeness (QED) is 0.879. The molecule has 1 saturated heterocycles. The molecule has 1 aliphatic heterocycles. The van der Waals surface area contributed by atoms with E-state index in [0.29, 0.717) is 11.8 Å². The number of hydrogen-bond donors (Lipinski definition) is 2. The van der Waals surface area contributed by atoms with Crippen LogP contribution < -0.4 is 10.2 Å². The molecule has 1 aliphatic rings. The lowest BCUT2D eigenvalue weighted by atomic mass is 9.91. The van der Waals surface area contributed by atoms with E-state index in [9.17, 15) is 4.79 Å². The second-order valence-electron chi connectivity index (χ2n) is 6.99. The third-order valence-corrected chi connectivity index (χ3v) is 4.76. The molecule has 3 atom stereocenters. The van der Waals surface area contributed by atoms with E-state index < -0.39 is 0 Å². The van der Waals surface area contributed by atoms with Gasteiger partial charge in [0.05, 0.1) is 13.1 Å². The number of likely N-dealkylation sites (tertiary alicyclic amines) is 1. The van der Waals surface area contributed by atoms with Crippen molar-refractivity contribution in [3.05, 3.63) is 29.3 Å². The first kappa shape index (κ1) is 16.0. The summed E-state index contributed by atoms with van der Waals surface area (Å²) in [6.45, 7) is 13.0. The van der Waals surface area contributed by atoms with Crippen LogP contribution in [0.25, 0.3) is 0 Å². The summed E-state index contributed by atoms with van der Waals surface area (Å²) in [4.78, 5) is 14.0. The lowest BCUT2D eigenvalue weighted by Crippen LogP contribution is -3.18. The highest BCUT2D eigenvalue weighted by Gasteiger charge is 2.32. The van der Waals surface area contributed by atoms with Crippen molar-refractivity contribution in [2.24, 2.45) is 11.8 Å². The minimum Gasteiger partial charge on any atom is -0.324 e. The number of carbonyl (C=O) groups excluding carboxylic acids is 1. The third-order valence-electron chi connectivity index (χ3n) is 4.76. The summed E-state index contributed by atoms with van der Waals surface area (Å²) in [7, 11) is 0. The summed E-state index contributed by atoms with van der Waals surface area (Å²) in [5, 5.41) is 3.15. The van der Waals surface area contributed by atoms with Gasteiger partial charge in [-0.3, -0.25) is 4.79 Å². The molecule has 1 amide bonds. The Morgan fingerprint density at radius 3 is 2.24 bits per heavy atom. The number of anilines is 1. The zero-order valence-electron chi connectivity index (χ0n) is 14.0. The van der Waals surface area contributed by atoms with Crippen LogP contribution >= 0.6 is 0 Å². The number of amides is 1. The van der Waals surface area contributed by atoms with Crippen LogP contribution in [0, 0.1) is 25.7 Å². The predicted octanol–water partition coefficient (Wildman–Crippen LogP) is 2.19. The Morgan fingerprint density at radius 2 is 1.71 bits per heavy atom. The van der Waals surface area contributed by atoms with E-state index in [0.717, 1.165) is 29.9 Å². The fraction of sp³-hybridized carbons (Fsp3) is 0.611. The average Bonchev–Trinajstić information content (AvgIpc) is 2.41. The minimum atomic E-state index is 0.00852. The largest absolute Gasteiger partial charge is 0.324 e. The van der Waals surface area contributed by atoms with Crippen LogP contribution in [0.15, 0.2) is 18.2 Å². The van der Waals surface area contributed by atoms with Crippen LogP contribution in [0.3, 0.4) is 0 Å². The Hall–Kier alpha value is -1.35. The molecule has 116 valence electrons. The van der Waals surface area contributed by atoms with Crippen molar-refractivity contribution in [3.63, 3.8) is 0 Å². The molecule has 1 fully saturated rings. The van der Waals surface area contributed by atoms with Crippen molar-refractivity contribution in [2.75, 3.05) is 18.4 Å². The highest BCUT2D eigenvalue weighted by Crippen LogP contribution is 2.19. The number of nitrogens with one attached hydrogen (secondary N) is 2. The summed E-state index contributed by atoms with van der Waals surface area (Å²) in [5.41, 5.74) is 3.24. The van der Waals surface area contributed by atoms with Crippen LogP contribution in [0.5, 0.6) is 0 Å². The molecule has 2 rings (SSSR count). The van der Waals surface area contributed by atoms with Crippen LogP contribution in [0.2, 0.25) is 0 Å². The topological polar surface area (TPSA) is 33.5 Å². The molecule has 1 heterocycles. The van der Waals surface area contributed by atoms with E-state index in [-0.39, 0.29) is 11.9 Å². The zero-order valence-corrected chi connectivity index (χ0v) is 14.0. The van der Waals surface area contributed by atoms with Crippen LogP contribution in [-0.2, 0) is 4.79 Å². The van der Waals surface area contributed by atoms with Gasteiger partial charge in [-0.15, -0.1) is 0 Å². The summed E-state index contributed by atoms with van der Waals surface area (Å²) < 4.78 is 0. The number of rotatable bonds is 3. The minimum absolute atomic E-state index is 0.00852. The normalized spacial score (nSPS) is 27.2. The van der Waals surface area contributed by atoms with E-state index in [1.165, 1.54) is 11.3 Å². The first-order chi connectivity index (χ1) is 9.88. The second kappa shape index (κ2) is 6.61. The van der Waals surface area contributed by atoms with Crippen LogP contribution in [0.4, 0.5) is 5.69 Å². The Kier molecular flexibility index (Phi) is 5.04. The van der Waals surface area contributed by atoms with E-state index in [4.69, 9.17) is 0 Å². The lowest BCUT2D eigenvalue weighted by Gasteiger charge is -2.35. The Balaban J connectivity index is 2.06. The summed E-state index contributed by atoms with van der Waals surface area (Å²) in [6.07, 6.45) is 1.29. The number of hydrogen-bond acceptors (Lipinski definition) is 1. The van der Waals surface area contributed by atoms with Gasteiger partial charge in [-0.1, -0.05) is 32.0 Å². The monoisotopic (exact) mass is 289 g/mol. The highest BCUT2D eigenvalue weighted by atomic mass is 16.2. The fourth-order valence-electron chi connectivity index (χ4n) is 3.61. The average molecular weight is 289 g/mol. The standard InChI is InChI=1S/C18H28N2O/c1-12-9-13(2)11-20(10-12)16(5)18(21)19-17-14(3)7-6-8-15(17)4/h6-8,12-13,16H,9-11H2,1-5H3,(H,19,21)/p+1/t12-,13-,16+/m0/s1. The van der Waals surface area contributed by atoms with Crippen molar-refractivity contribution < 1.29 is 9.69 Å². The molecule has 21 heavy (non-hydrogen) atoms. The highest BCUT2D eigenvalue weighted by molar-refractivity contribution is 5.95. The van der Waals surface area contributed by atoms with Crippen molar-refractivity contribution in [1.29, 1.82) is 0 Å². The first-order valence-electron chi connectivity index (χ1n) is 8.10. The summed E-state index contributed by atoms with van der Waals surface area (Å²) in [6, 6.07) is 6.13. The van der Waals surface area contributed by atoms with Crippen LogP contribution in [-0.4, -0.2) is 25.0 Å². The number of aryl methyl sites for hydroxylation is 2. The second-order valence-corrected chi connectivity index (χ2v) is 6.99. The Labute approximate surface area is 128 Å². The molecular weight excluding hydrogens is 260 g/mol. The van der Waals surface area contributed by atoms with Crippen molar-refractivity contribution >= 4 is 11.6 Å². The van der Waals surface area contributed by atoms with E-state index in [2.05, 4.69) is 26.1 Å². The predicted molar refractivity (Wildman–Crippen MR) is 87.6 cm³/mol. The molecule has 1 aromatic carbocycles. The number of benzene rings is 1. The van der Waals surface area contributed by atoms with Gasteiger partial charge in [0, 0.05) is 17.5 Å². The molecule has 3 nitrogen and oxygen atoms in total. The molecule has 0 aromatic heterocycles. The van der Waals surface area contributed by atoms with Crippen molar-refractivity contribution in [1.82, 2.24) is 0 Å². The third kappa shape index (κ3) is 3.85. The van der Waals surface area contributed by atoms with Crippen LogP contribution in [0.1, 0.15) is 38.3 Å². The molecule has 2 N–H and O–H groups in total. The Bertz CT molecular complexity index is 482. The number of para-hydroxylation sites is 1. The number of carbonyl (C=O) groups is 1. The Morgan fingerprint density at radius 1 is 1.19 bits per heavy atom. The number of piperidine rings is 1. The molecule has 0 saturated carbocycles. The fourth-order valence-corrected chi connectivity index (χ4v) is 3.61. The summed E-state index contributed by atoms with van der Waals surface area (Å²) >= 11 is 0. The zero-order chi connectivity index (χ0) is 15.6. The maximum absolute atomic E-state index is 12.6. The van der Waals surface area contributed by atoms with Gasteiger partial charge in [-0.25, -0.2) is 0 Å². The molecule has 0 aliphatic carbocycles. The van der Waals surface area contributed by atoms with Crippen molar-refractivity contribution in [2.45, 2.75) is 47.1 Å². The maximum atomic E-state index is 12.6. The van der Waals surface area contributed by atoms with Gasteiger partial charge in [0.15, 0.2) is 6.04 Å². The van der Waals surface area contributed by atoms with Gasteiger partial charge in [0.2, 0.25) is 0 Å². The van der Waals surface area contributed by atoms with Gasteiger partial charge >= 0.3 is 0 Å². The van der Waals surface area contributed by atoms with Gasteiger partial charge in [0.25, 0.3) is 5.91 Å². The first-order valence-corrected chi connectivity index (χ1v) is 8.10. The molecule has 0 bridgehead atoms. The van der Waals surface area contributed by atoms with E-state index >= 15 is 0 Å². The van der Waals surface area contributed by atoms with Crippen molar-refractivity contribution in [3.8, 4) is 0 Å². The van der Waals surface area contributed by atoms with E-state index in [1.54, 1.807) is 0 Å². The molecule has 0 radical (unpaired) electrons. The molecule has 1 aromatic rings. The SMILES string of the molecule is Cc1cccc(C)c1NC(=O)[C@@H](C)[NH+]1C[C@@H](C)C[C@H](C)C1. The molecule has 3 heteroatoms. The molecular formula is C18H29N2O+. The smallest absolute Gasteiger partial charge is 0.282 e. The lowest BCUT2D eigenvalue weighted by molar-refractivity contribution is -0.925. The van der Waals surface area contributed by atoms with E-state index in [1.807, 2.05) is 32.0 Å². The van der Waals surface area contributed by atoms with Gasteiger partial charge in [-0.2, -0.15) is 0 Å². The maximum Gasteiger partial charge on any atom is 0.282 e. The molecule has 0 spiro atoms. The van der Waals surface area contributed by atoms with Gasteiger partial charge in [-0.05, 0) is 38.3 Å².